The number of Topliss-reactive ketones (excluding diaryl/α,β-unsaturated/α-hetero) is 2. The summed E-state index contributed by atoms with van der Waals surface area (Å²) in [7, 11) is 0. The van der Waals surface area contributed by atoms with E-state index >= 15 is 0 Å². The molecule has 1 spiro atoms. The van der Waals surface area contributed by atoms with Crippen LogP contribution in [0.5, 0.6) is 0 Å². The number of rotatable bonds is 0. The molecule has 7 heteroatoms. The lowest BCUT2D eigenvalue weighted by atomic mass is 9.62. The molecule has 0 amide bonds. The zero-order chi connectivity index (χ0) is 18.5. The molecule has 140 valence electrons. The molecule has 0 aromatic heterocycles. The Morgan fingerprint density at radius 3 is 2.54 bits per heavy atom. The average Bonchev–Trinajstić information content (AvgIpc) is 3.28. The molecule has 9 atom stereocenters. The van der Waals surface area contributed by atoms with Gasteiger partial charge in [-0.05, 0) is 12.3 Å². The summed E-state index contributed by atoms with van der Waals surface area (Å²) in [5.41, 5.74) is -1.24. The largest absolute Gasteiger partial charge is 0.486 e. The molecule has 5 bridgehead atoms. The summed E-state index contributed by atoms with van der Waals surface area (Å²) >= 11 is 0. The first-order valence-corrected chi connectivity index (χ1v) is 9.32. The number of aliphatic hydroxyl groups is 1. The van der Waals surface area contributed by atoms with Gasteiger partial charge in [-0.15, -0.1) is 0 Å². The summed E-state index contributed by atoms with van der Waals surface area (Å²) in [6.07, 6.45) is -1.78. The van der Waals surface area contributed by atoms with Crippen molar-refractivity contribution in [2.75, 3.05) is 0 Å². The van der Waals surface area contributed by atoms with Crippen LogP contribution >= 0.6 is 0 Å². The van der Waals surface area contributed by atoms with E-state index in [4.69, 9.17) is 14.2 Å². The van der Waals surface area contributed by atoms with Crippen LogP contribution in [0.2, 0.25) is 0 Å². The number of aliphatic hydroxyl groups excluding tert-OH is 1. The normalized spacial score (nSPS) is 52.2. The van der Waals surface area contributed by atoms with E-state index in [1.807, 2.05) is 6.92 Å². The summed E-state index contributed by atoms with van der Waals surface area (Å²) in [6.45, 7) is 5.43. The lowest BCUT2D eigenvalue weighted by Gasteiger charge is -2.54. The summed E-state index contributed by atoms with van der Waals surface area (Å²) in [4.78, 5) is 38.3. The number of esters is 1. The van der Waals surface area contributed by atoms with Crippen molar-refractivity contribution in [2.45, 2.75) is 63.6 Å². The smallest absolute Gasteiger partial charge is 0.346 e. The third-order valence-electron chi connectivity index (χ3n) is 6.82. The van der Waals surface area contributed by atoms with Crippen LogP contribution in [-0.2, 0) is 28.6 Å². The molecule has 7 nitrogen and oxygen atoms in total. The van der Waals surface area contributed by atoms with Gasteiger partial charge < -0.3 is 19.3 Å². The number of ketones is 2. The van der Waals surface area contributed by atoms with Crippen LogP contribution in [0.25, 0.3) is 0 Å². The fraction of sp³-hybridized carbons (Fsp3) is 0.737. The number of epoxide rings is 1. The monoisotopic (exact) mass is 362 g/mol. The molecule has 0 aromatic rings. The fourth-order valence-electron chi connectivity index (χ4n) is 5.53. The summed E-state index contributed by atoms with van der Waals surface area (Å²) < 4.78 is 17.4. The molecular formula is C19H22O7. The number of fused-ring (bicyclic) bond motifs is 2. The molecule has 0 aromatic carbocycles. The Morgan fingerprint density at radius 1 is 1.08 bits per heavy atom. The average molecular weight is 362 g/mol. The Hall–Kier alpha value is -1.73. The minimum atomic E-state index is -1.21. The van der Waals surface area contributed by atoms with Gasteiger partial charge >= 0.3 is 5.97 Å². The molecule has 0 radical (unpaired) electrons. The highest BCUT2D eigenvalue weighted by Crippen LogP contribution is 2.60. The summed E-state index contributed by atoms with van der Waals surface area (Å²) in [6, 6.07) is 0. The molecular weight excluding hydrogens is 340 g/mol. The van der Waals surface area contributed by atoms with E-state index in [0.29, 0.717) is 12.8 Å². The number of hydrogen-bond donors (Lipinski definition) is 1. The predicted octanol–water partition coefficient (Wildman–Crippen LogP) is 0.533. The molecule has 6 aliphatic rings. The first kappa shape index (κ1) is 16.4. The van der Waals surface area contributed by atoms with E-state index in [1.165, 1.54) is 0 Å². The summed E-state index contributed by atoms with van der Waals surface area (Å²) in [5.74, 6) is -2.30. The Kier molecular flexibility index (Phi) is 3.13. The Balaban J connectivity index is 1.70. The third-order valence-corrected chi connectivity index (χ3v) is 6.82. The first-order chi connectivity index (χ1) is 12.3. The van der Waals surface area contributed by atoms with Crippen molar-refractivity contribution in [1.82, 2.24) is 0 Å². The van der Waals surface area contributed by atoms with Gasteiger partial charge in [-0.2, -0.15) is 0 Å². The molecule has 2 aliphatic carbocycles. The quantitative estimate of drug-likeness (QED) is 0.381. The molecule has 6 rings (SSSR count). The Bertz CT molecular complexity index is 770. The molecule has 0 unspecified atom stereocenters. The van der Waals surface area contributed by atoms with Gasteiger partial charge in [-0.3, -0.25) is 9.59 Å². The molecule has 4 fully saturated rings. The van der Waals surface area contributed by atoms with Crippen LogP contribution in [0.4, 0.5) is 0 Å². The maximum absolute atomic E-state index is 13.0. The van der Waals surface area contributed by atoms with Crippen LogP contribution in [0.15, 0.2) is 11.3 Å². The van der Waals surface area contributed by atoms with Gasteiger partial charge in [0.2, 0.25) is 0 Å². The molecule has 1 N–H and O–H groups in total. The van der Waals surface area contributed by atoms with E-state index in [1.54, 1.807) is 13.8 Å². The highest BCUT2D eigenvalue weighted by molar-refractivity contribution is 6.20. The third kappa shape index (κ3) is 1.83. The number of carbonyl (C=O) groups is 3. The maximum Gasteiger partial charge on any atom is 0.346 e. The lowest BCUT2D eigenvalue weighted by Crippen LogP contribution is -2.65. The molecule has 26 heavy (non-hydrogen) atoms. The minimum absolute atomic E-state index is 0.0370. The van der Waals surface area contributed by atoms with Crippen LogP contribution < -0.4 is 0 Å². The van der Waals surface area contributed by atoms with Gasteiger partial charge in [-0.25, -0.2) is 4.79 Å². The van der Waals surface area contributed by atoms with Gasteiger partial charge in [-0.1, -0.05) is 20.8 Å². The standard InChI is InChI=1S/C19H22O7/c1-6-4-7(2)12(21)16-15(24-16)10-13(22)14-8(3)5-19(10)17(25-14)9(11(6)20)18(23)26-19/h6-8,10,13-16,22H,4-5H2,1-3H3/t6-,7+,8-,10+,13-,14-,15-,16+,19-/m1/s1. The predicted molar refractivity (Wildman–Crippen MR) is 85.6 cm³/mol. The second kappa shape index (κ2) is 4.95. The molecule has 3 saturated heterocycles. The van der Waals surface area contributed by atoms with E-state index in [9.17, 15) is 19.5 Å². The molecule has 1 saturated carbocycles. The van der Waals surface area contributed by atoms with Crippen LogP contribution in [-0.4, -0.2) is 52.7 Å². The van der Waals surface area contributed by atoms with Crippen molar-refractivity contribution in [3.8, 4) is 0 Å². The number of carbonyl (C=O) groups excluding carboxylic acids is 3. The topological polar surface area (TPSA) is 102 Å². The van der Waals surface area contributed by atoms with Crippen molar-refractivity contribution in [1.29, 1.82) is 0 Å². The van der Waals surface area contributed by atoms with Gasteiger partial charge in [0.25, 0.3) is 0 Å². The van der Waals surface area contributed by atoms with Crippen molar-refractivity contribution in [3.63, 3.8) is 0 Å². The van der Waals surface area contributed by atoms with Gasteiger partial charge in [0, 0.05) is 18.3 Å². The second-order valence-electron chi connectivity index (χ2n) is 8.59. The van der Waals surface area contributed by atoms with Gasteiger partial charge in [0.05, 0.1) is 5.92 Å². The van der Waals surface area contributed by atoms with E-state index in [0.717, 1.165) is 0 Å². The zero-order valence-electron chi connectivity index (χ0n) is 14.9. The van der Waals surface area contributed by atoms with Crippen molar-refractivity contribution < 1.29 is 33.7 Å². The van der Waals surface area contributed by atoms with E-state index in [-0.39, 0.29) is 34.7 Å². The Morgan fingerprint density at radius 2 is 1.81 bits per heavy atom. The van der Waals surface area contributed by atoms with Gasteiger partial charge in [0.1, 0.15) is 30.0 Å². The van der Waals surface area contributed by atoms with Crippen LogP contribution in [0, 0.1) is 23.7 Å². The van der Waals surface area contributed by atoms with Crippen molar-refractivity contribution in [2.24, 2.45) is 23.7 Å². The van der Waals surface area contributed by atoms with E-state index in [2.05, 4.69) is 0 Å². The summed E-state index contributed by atoms with van der Waals surface area (Å²) in [5, 5.41) is 10.9. The maximum atomic E-state index is 13.0. The molecule has 4 heterocycles. The lowest BCUT2D eigenvalue weighted by molar-refractivity contribution is -0.234. The number of hydrogen-bond acceptors (Lipinski definition) is 7. The van der Waals surface area contributed by atoms with Crippen LogP contribution in [0.1, 0.15) is 33.6 Å². The SMILES string of the molecule is C[C@@H]1C[C@H](C)C(=O)[C@@H]2O[C@@H]2[C@@H]2[C@@H](O)[C@@H]3OC4=C(C(=O)O[C@@]42C[C@H]3C)C1=O. The van der Waals surface area contributed by atoms with E-state index < -0.39 is 47.8 Å². The minimum Gasteiger partial charge on any atom is -0.486 e. The highest BCUT2D eigenvalue weighted by atomic mass is 16.6. The first-order valence-electron chi connectivity index (χ1n) is 9.32. The zero-order valence-corrected chi connectivity index (χ0v) is 14.9. The van der Waals surface area contributed by atoms with Crippen LogP contribution in [0.3, 0.4) is 0 Å². The highest BCUT2D eigenvalue weighted by Gasteiger charge is 2.73. The fourth-order valence-corrected chi connectivity index (χ4v) is 5.53. The van der Waals surface area contributed by atoms with Crippen molar-refractivity contribution >= 4 is 17.5 Å². The van der Waals surface area contributed by atoms with Gasteiger partial charge in [0.15, 0.2) is 22.9 Å². The Labute approximate surface area is 150 Å². The molecule has 4 aliphatic heterocycles. The second-order valence-corrected chi connectivity index (χ2v) is 8.59. The van der Waals surface area contributed by atoms with Crippen molar-refractivity contribution in [3.05, 3.63) is 11.3 Å². The number of ether oxygens (including phenoxy) is 3.